The Labute approximate surface area is 188 Å². The average Bonchev–Trinajstić information content (AvgIpc) is 3.34. The summed E-state index contributed by atoms with van der Waals surface area (Å²) in [7, 11) is -0.677. The zero-order chi connectivity index (χ0) is 23.3. The molecule has 4 rings (SSSR count). The zero-order valence-corrected chi connectivity index (χ0v) is 19.4. The first-order valence-corrected chi connectivity index (χ1v) is 11.9. The van der Waals surface area contributed by atoms with Crippen LogP contribution in [0.15, 0.2) is 47.4 Å². The lowest BCUT2D eigenvalue weighted by Gasteiger charge is -2.24. The summed E-state index contributed by atoms with van der Waals surface area (Å²) >= 11 is 0. The number of nitrogens with zero attached hydrogens (tertiary/aromatic N) is 2. The van der Waals surface area contributed by atoms with Crippen molar-refractivity contribution in [1.82, 2.24) is 4.31 Å². The van der Waals surface area contributed by atoms with Crippen molar-refractivity contribution in [2.45, 2.75) is 43.0 Å². The van der Waals surface area contributed by atoms with Crippen molar-refractivity contribution >= 4 is 33.2 Å². The highest BCUT2D eigenvalue weighted by molar-refractivity contribution is 7.89. The number of sulfonamides is 1. The van der Waals surface area contributed by atoms with Crippen molar-refractivity contribution in [2.75, 3.05) is 30.9 Å². The Bertz CT molecular complexity index is 1170. The summed E-state index contributed by atoms with van der Waals surface area (Å²) < 4.78 is 33.4. The predicted octanol–water partition coefficient (Wildman–Crippen LogP) is 2.74. The number of likely N-dealkylation sites (N-methyl/N-ethyl adjacent to an activating group) is 1. The third-order valence-electron chi connectivity index (χ3n) is 6.31. The number of carbonyl (C=O) groups excluding carboxylic acids is 2. The highest BCUT2D eigenvalue weighted by Crippen LogP contribution is 2.42. The fraction of sp³-hybridized carbons (Fsp3) is 0.391. The Morgan fingerprint density at radius 2 is 1.84 bits per heavy atom. The largest absolute Gasteiger partial charge is 0.497 e. The minimum absolute atomic E-state index is 0.0834. The van der Waals surface area contributed by atoms with Crippen LogP contribution in [0.25, 0.3) is 0 Å². The maximum atomic E-state index is 13.5. The van der Waals surface area contributed by atoms with E-state index >= 15 is 0 Å². The van der Waals surface area contributed by atoms with E-state index in [9.17, 15) is 18.0 Å². The van der Waals surface area contributed by atoms with Crippen molar-refractivity contribution in [1.29, 1.82) is 0 Å². The Kier molecular flexibility index (Phi) is 5.50. The molecule has 1 saturated heterocycles. The van der Waals surface area contributed by atoms with Crippen LogP contribution in [0.1, 0.15) is 32.3 Å². The number of anilines is 2. The molecule has 1 N–H and O–H groups in total. The van der Waals surface area contributed by atoms with E-state index in [-0.39, 0.29) is 23.3 Å². The SMILES string of the molecule is COc1ccc(NC(=O)C2CCCN2S(=O)(=O)c2ccc3c(c2)C(C)(C)C(=O)N3C)cc1. The molecule has 2 aliphatic heterocycles. The van der Waals surface area contributed by atoms with E-state index < -0.39 is 21.5 Å². The van der Waals surface area contributed by atoms with Gasteiger partial charge in [-0.2, -0.15) is 4.31 Å². The van der Waals surface area contributed by atoms with Gasteiger partial charge in [-0.3, -0.25) is 9.59 Å². The molecule has 2 heterocycles. The molecule has 0 aromatic heterocycles. The average molecular weight is 458 g/mol. The van der Waals surface area contributed by atoms with Gasteiger partial charge in [-0.25, -0.2) is 8.42 Å². The topological polar surface area (TPSA) is 96.0 Å². The van der Waals surface area contributed by atoms with Crippen molar-refractivity contribution in [3.63, 3.8) is 0 Å². The number of hydrogen-bond acceptors (Lipinski definition) is 5. The van der Waals surface area contributed by atoms with Crippen LogP contribution in [0.5, 0.6) is 5.75 Å². The molecule has 0 aliphatic carbocycles. The van der Waals surface area contributed by atoms with Gasteiger partial charge in [0.25, 0.3) is 0 Å². The predicted molar refractivity (Wildman–Crippen MR) is 121 cm³/mol. The van der Waals surface area contributed by atoms with Gasteiger partial charge in [-0.15, -0.1) is 0 Å². The molecule has 0 spiro atoms. The second-order valence-electron chi connectivity index (χ2n) is 8.66. The van der Waals surface area contributed by atoms with Crippen LogP contribution in [-0.4, -0.2) is 51.3 Å². The second kappa shape index (κ2) is 7.90. The molecule has 0 radical (unpaired) electrons. The lowest BCUT2D eigenvalue weighted by atomic mass is 9.86. The number of methoxy groups -OCH3 is 1. The zero-order valence-electron chi connectivity index (χ0n) is 18.6. The maximum Gasteiger partial charge on any atom is 0.243 e. The van der Waals surface area contributed by atoms with E-state index in [2.05, 4.69) is 5.32 Å². The van der Waals surface area contributed by atoms with Crippen molar-refractivity contribution in [3.8, 4) is 5.75 Å². The molecule has 1 atom stereocenters. The lowest BCUT2D eigenvalue weighted by molar-refractivity contribution is -0.122. The van der Waals surface area contributed by atoms with Crippen LogP contribution >= 0.6 is 0 Å². The molecular weight excluding hydrogens is 430 g/mol. The Morgan fingerprint density at radius 1 is 1.16 bits per heavy atom. The number of benzene rings is 2. The first kappa shape index (κ1) is 22.3. The summed E-state index contributed by atoms with van der Waals surface area (Å²) in [5.74, 6) is 0.212. The molecule has 2 aliphatic rings. The summed E-state index contributed by atoms with van der Waals surface area (Å²) in [6.45, 7) is 3.84. The van der Waals surface area contributed by atoms with Crippen LogP contribution in [0.4, 0.5) is 11.4 Å². The van der Waals surface area contributed by atoms with Crippen LogP contribution < -0.4 is 15.0 Å². The molecule has 8 nitrogen and oxygen atoms in total. The minimum Gasteiger partial charge on any atom is -0.497 e. The fourth-order valence-corrected chi connectivity index (χ4v) is 6.12. The van der Waals surface area contributed by atoms with E-state index in [1.807, 2.05) is 0 Å². The van der Waals surface area contributed by atoms with Gasteiger partial charge in [-0.05, 0) is 74.7 Å². The highest BCUT2D eigenvalue weighted by Gasteiger charge is 2.44. The van der Waals surface area contributed by atoms with Gasteiger partial charge in [0, 0.05) is 25.0 Å². The highest BCUT2D eigenvalue weighted by atomic mass is 32.2. The molecule has 2 aromatic rings. The molecule has 1 fully saturated rings. The number of hydrogen-bond donors (Lipinski definition) is 1. The fourth-order valence-electron chi connectivity index (χ4n) is 4.44. The molecule has 2 aromatic carbocycles. The number of amides is 2. The van der Waals surface area contributed by atoms with E-state index in [1.54, 1.807) is 69.3 Å². The standard InChI is InChI=1S/C23H27N3O5S/c1-23(2)18-14-17(11-12-19(18)25(3)22(23)28)32(29,30)26-13-5-6-20(26)21(27)24-15-7-9-16(31-4)10-8-15/h7-12,14,20H,5-6,13H2,1-4H3,(H,24,27). The van der Waals surface area contributed by atoms with Crippen LogP contribution in [-0.2, 0) is 25.0 Å². The van der Waals surface area contributed by atoms with Gasteiger partial charge in [0.1, 0.15) is 11.8 Å². The van der Waals surface area contributed by atoms with Crippen LogP contribution in [0.3, 0.4) is 0 Å². The van der Waals surface area contributed by atoms with E-state index in [4.69, 9.17) is 4.74 Å². The van der Waals surface area contributed by atoms with E-state index in [0.29, 0.717) is 35.5 Å². The number of rotatable bonds is 5. The second-order valence-corrected chi connectivity index (χ2v) is 10.6. The molecule has 170 valence electrons. The Hall–Kier alpha value is -2.91. The van der Waals surface area contributed by atoms with Gasteiger partial charge >= 0.3 is 0 Å². The minimum atomic E-state index is -3.92. The maximum absolute atomic E-state index is 13.5. The first-order valence-electron chi connectivity index (χ1n) is 10.5. The van der Waals surface area contributed by atoms with Crippen LogP contribution in [0.2, 0.25) is 0 Å². The smallest absolute Gasteiger partial charge is 0.243 e. The van der Waals surface area contributed by atoms with Gasteiger partial charge in [0.2, 0.25) is 21.8 Å². The summed E-state index contributed by atoms with van der Waals surface area (Å²) in [6, 6.07) is 10.8. The van der Waals surface area contributed by atoms with E-state index in [1.165, 1.54) is 10.4 Å². The summed E-state index contributed by atoms with van der Waals surface area (Å²) in [4.78, 5) is 27.1. The molecular formula is C23H27N3O5S. The molecule has 1 unspecified atom stereocenters. The number of fused-ring (bicyclic) bond motifs is 1. The molecule has 2 amide bonds. The number of nitrogens with one attached hydrogen (secondary N) is 1. The molecule has 32 heavy (non-hydrogen) atoms. The van der Waals surface area contributed by atoms with Crippen molar-refractivity contribution in [2.24, 2.45) is 0 Å². The third-order valence-corrected chi connectivity index (χ3v) is 8.22. The summed E-state index contributed by atoms with van der Waals surface area (Å²) in [5, 5.41) is 2.80. The van der Waals surface area contributed by atoms with E-state index in [0.717, 1.165) is 0 Å². The van der Waals surface area contributed by atoms with Gasteiger partial charge in [-0.1, -0.05) is 0 Å². The summed E-state index contributed by atoms with van der Waals surface area (Å²) in [5.41, 5.74) is 1.13. The monoisotopic (exact) mass is 457 g/mol. The van der Waals surface area contributed by atoms with Crippen molar-refractivity contribution < 1.29 is 22.7 Å². The quantitative estimate of drug-likeness (QED) is 0.745. The van der Waals surface area contributed by atoms with Gasteiger partial charge in [0.05, 0.1) is 17.4 Å². The van der Waals surface area contributed by atoms with Gasteiger partial charge in [0.15, 0.2) is 0 Å². The summed E-state index contributed by atoms with van der Waals surface area (Å²) in [6.07, 6.45) is 1.04. The van der Waals surface area contributed by atoms with Crippen LogP contribution in [0, 0.1) is 0 Å². The molecule has 0 bridgehead atoms. The van der Waals surface area contributed by atoms with Crippen molar-refractivity contribution in [3.05, 3.63) is 48.0 Å². The number of ether oxygens (including phenoxy) is 1. The normalized spacial score (nSPS) is 20.3. The Morgan fingerprint density at radius 3 is 2.50 bits per heavy atom. The number of carbonyl (C=O) groups is 2. The van der Waals surface area contributed by atoms with Gasteiger partial charge < -0.3 is 15.0 Å². The molecule has 0 saturated carbocycles. The first-order chi connectivity index (χ1) is 15.1. The Balaban J connectivity index is 1.60. The molecule has 9 heteroatoms. The lowest BCUT2D eigenvalue weighted by Crippen LogP contribution is -2.43. The third kappa shape index (κ3) is 3.55.